The first-order valence-corrected chi connectivity index (χ1v) is 9.13. The first-order valence-electron chi connectivity index (χ1n) is 9.13. The summed E-state index contributed by atoms with van der Waals surface area (Å²) >= 11 is 0. The normalized spacial score (nSPS) is 12.7. The number of carbonyl (C=O) groups is 1. The number of aryl methyl sites for hydroxylation is 1. The number of carbonyl (C=O) groups excluding carboxylic acids is 1. The van der Waals surface area contributed by atoms with E-state index in [9.17, 15) is 4.79 Å². The van der Waals surface area contributed by atoms with Crippen LogP contribution in [0.3, 0.4) is 0 Å². The topological polar surface area (TPSA) is 77.6 Å². The van der Waals surface area contributed by atoms with Crippen LogP contribution in [-0.2, 0) is 17.9 Å². The van der Waals surface area contributed by atoms with Crippen molar-refractivity contribution in [2.75, 3.05) is 0 Å². The Morgan fingerprint density at radius 2 is 1.96 bits per heavy atom. The summed E-state index contributed by atoms with van der Waals surface area (Å²) in [4.78, 5) is 21.7. The Bertz CT molecular complexity index is 894. The number of hydrogen-bond donors (Lipinski definition) is 1. The van der Waals surface area contributed by atoms with Gasteiger partial charge in [0.15, 0.2) is 0 Å². The van der Waals surface area contributed by atoms with Crippen molar-refractivity contribution >= 4 is 16.9 Å². The molecule has 2 heterocycles. The number of fused-ring (bicyclic) bond motifs is 1. The van der Waals surface area contributed by atoms with E-state index in [1.54, 1.807) is 0 Å². The average molecular weight is 354 g/mol. The summed E-state index contributed by atoms with van der Waals surface area (Å²) in [6, 6.07) is 7.72. The molecule has 0 spiro atoms. The third kappa shape index (κ3) is 3.61. The van der Waals surface area contributed by atoms with Crippen LogP contribution < -0.4 is 5.32 Å². The molecule has 7 heteroatoms. The van der Waals surface area contributed by atoms with Gasteiger partial charge in [-0.15, -0.1) is 0 Å². The summed E-state index contributed by atoms with van der Waals surface area (Å²) in [5.74, 6) is 1.87. The number of aromatic nitrogens is 5. The van der Waals surface area contributed by atoms with Crippen molar-refractivity contribution in [1.82, 2.24) is 29.6 Å². The number of imidazole rings is 1. The van der Waals surface area contributed by atoms with Crippen LogP contribution in [0, 0.1) is 0 Å². The maximum Gasteiger partial charge on any atom is 0.240 e. The van der Waals surface area contributed by atoms with Gasteiger partial charge < -0.3 is 9.88 Å². The van der Waals surface area contributed by atoms with Gasteiger partial charge in [0, 0.05) is 12.5 Å². The smallest absolute Gasteiger partial charge is 0.240 e. The molecule has 3 rings (SSSR count). The van der Waals surface area contributed by atoms with Crippen molar-refractivity contribution in [3.05, 3.63) is 42.2 Å². The van der Waals surface area contributed by atoms with Gasteiger partial charge in [-0.3, -0.25) is 4.79 Å². The molecule has 0 fully saturated rings. The van der Waals surface area contributed by atoms with Gasteiger partial charge in [-0.25, -0.2) is 14.6 Å². The van der Waals surface area contributed by atoms with Gasteiger partial charge in [0.1, 0.15) is 24.5 Å². The lowest BCUT2D eigenvalue weighted by Gasteiger charge is -2.16. The van der Waals surface area contributed by atoms with Crippen LogP contribution in [0.2, 0.25) is 0 Å². The van der Waals surface area contributed by atoms with E-state index in [0.717, 1.165) is 35.6 Å². The highest BCUT2D eigenvalue weighted by Crippen LogP contribution is 2.21. The molecule has 1 aromatic carbocycles. The number of para-hydroxylation sites is 2. The molecule has 0 aliphatic carbocycles. The van der Waals surface area contributed by atoms with Gasteiger partial charge in [0.05, 0.1) is 17.1 Å². The van der Waals surface area contributed by atoms with Crippen molar-refractivity contribution in [3.63, 3.8) is 0 Å². The molecular formula is C19H26N6O. The van der Waals surface area contributed by atoms with Crippen LogP contribution in [-0.4, -0.2) is 30.2 Å². The van der Waals surface area contributed by atoms with Gasteiger partial charge in [-0.2, -0.15) is 5.10 Å². The van der Waals surface area contributed by atoms with E-state index in [1.165, 1.54) is 6.33 Å². The number of nitrogens with one attached hydrogen (secondary N) is 1. The minimum atomic E-state index is -0.200. The second-order valence-corrected chi connectivity index (χ2v) is 6.83. The zero-order valence-corrected chi connectivity index (χ0v) is 15.8. The number of hydrogen-bond acceptors (Lipinski definition) is 4. The van der Waals surface area contributed by atoms with E-state index in [2.05, 4.69) is 41.2 Å². The summed E-state index contributed by atoms with van der Waals surface area (Å²) in [5, 5.41) is 7.27. The largest absolute Gasteiger partial charge is 0.345 e. The maximum absolute atomic E-state index is 12.7. The van der Waals surface area contributed by atoms with E-state index in [1.807, 2.05) is 40.4 Å². The molecular weight excluding hydrogens is 328 g/mol. The highest BCUT2D eigenvalue weighted by molar-refractivity contribution is 5.81. The summed E-state index contributed by atoms with van der Waals surface area (Å²) in [6.45, 7) is 9.23. The van der Waals surface area contributed by atoms with Crippen LogP contribution in [0.1, 0.15) is 57.7 Å². The van der Waals surface area contributed by atoms with Gasteiger partial charge >= 0.3 is 0 Å². The summed E-state index contributed by atoms with van der Waals surface area (Å²) < 4.78 is 3.84. The fraction of sp³-hybridized carbons (Fsp3) is 0.474. The molecule has 0 bridgehead atoms. The van der Waals surface area contributed by atoms with Crippen LogP contribution in [0.5, 0.6) is 0 Å². The van der Waals surface area contributed by atoms with E-state index in [0.29, 0.717) is 0 Å². The fourth-order valence-electron chi connectivity index (χ4n) is 3.19. The Morgan fingerprint density at radius 3 is 2.69 bits per heavy atom. The third-order valence-electron chi connectivity index (χ3n) is 4.35. The zero-order valence-electron chi connectivity index (χ0n) is 15.8. The molecule has 7 nitrogen and oxygen atoms in total. The Labute approximate surface area is 153 Å². The highest BCUT2D eigenvalue weighted by Gasteiger charge is 2.19. The lowest BCUT2D eigenvalue weighted by Crippen LogP contribution is -2.32. The lowest BCUT2D eigenvalue weighted by molar-refractivity contribution is -0.122. The second kappa shape index (κ2) is 7.68. The number of nitrogens with zero attached hydrogens (tertiary/aromatic N) is 5. The SMILES string of the molecule is CCCn1ncnc1[C@@H](C)NC(=O)Cn1c(C(C)C)nc2ccccc21. The molecule has 1 N–H and O–H groups in total. The van der Waals surface area contributed by atoms with Gasteiger partial charge in [-0.05, 0) is 25.5 Å². The van der Waals surface area contributed by atoms with E-state index >= 15 is 0 Å². The number of amides is 1. The first-order chi connectivity index (χ1) is 12.5. The van der Waals surface area contributed by atoms with Crippen LogP contribution in [0.4, 0.5) is 0 Å². The Hall–Kier alpha value is -2.70. The van der Waals surface area contributed by atoms with E-state index in [4.69, 9.17) is 0 Å². The Morgan fingerprint density at radius 1 is 1.19 bits per heavy atom. The molecule has 2 aromatic heterocycles. The summed E-state index contributed by atoms with van der Waals surface area (Å²) in [7, 11) is 0. The van der Waals surface area contributed by atoms with Gasteiger partial charge in [-0.1, -0.05) is 32.9 Å². The monoisotopic (exact) mass is 354 g/mol. The molecule has 0 unspecified atom stereocenters. The molecule has 0 saturated heterocycles. The molecule has 0 aliphatic heterocycles. The lowest BCUT2D eigenvalue weighted by atomic mass is 10.2. The molecule has 3 aromatic rings. The minimum absolute atomic E-state index is 0.0615. The third-order valence-corrected chi connectivity index (χ3v) is 4.35. The maximum atomic E-state index is 12.7. The van der Waals surface area contributed by atoms with Crippen LogP contribution in [0.25, 0.3) is 11.0 Å². The van der Waals surface area contributed by atoms with Crippen molar-refractivity contribution in [2.45, 2.75) is 59.2 Å². The molecule has 138 valence electrons. The van der Waals surface area contributed by atoms with E-state index in [-0.39, 0.29) is 24.4 Å². The van der Waals surface area contributed by atoms with Crippen molar-refractivity contribution in [3.8, 4) is 0 Å². The fourth-order valence-corrected chi connectivity index (χ4v) is 3.19. The van der Waals surface area contributed by atoms with Gasteiger partial charge in [0.2, 0.25) is 5.91 Å². The highest BCUT2D eigenvalue weighted by atomic mass is 16.2. The van der Waals surface area contributed by atoms with Crippen molar-refractivity contribution < 1.29 is 4.79 Å². The van der Waals surface area contributed by atoms with Crippen molar-refractivity contribution in [2.24, 2.45) is 0 Å². The molecule has 1 amide bonds. The predicted molar refractivity (Wildman–Crippen MR) is 101 cm³/mol. The number of benzene rings is 1. The van der Waals surface area contributed by atoms with E-state index < -0.39 is 0 Å². The van der Waals surface area contributed by atoms with Gasteiger partial charge in [0.25, 0.3) is 0 Å². The van der Waals surface area contributed by atoms with Crippen LogP contribution in [0.15, 0.2) is 30.6 Å². The van der Waals surface area contributed by atoms with Crippen molar-refractivity contribution in [1.29, 1.82) is 0 Å². The molecule has 1 atom stereocenters. The Balaban J connectivity index is 1.79. The molecule has 26 heavy (non-hydrogen) atoms. The predicted octanol–water partition coefficient (Wildman–Crippen LogP) is 3.04. The quantitative estimate of drug-likeness (QED) is 0.707. The molecule has 0 saturated carbocycles. The summed E-state index contributed by atoms with van der Waals surface area (Å²) in [5.41, 5.74) is 1.90. The number of rotatable bonds is 7. The molecule has 0 aliphatic rings. The Kier molecular flexibility index (Phi) is 5.35. The molecule has 0 radical (unpaired) electrons. The zero-order chi connectivity index (χ0) is 18.7. The summed E-state index contributed by atoms with van der Waals surface area (Å²) in [6.07, 6.45) is 2.50. The standard InChI is InChI=1S/C19H26N6O/c1-5-10-25-19(20-12-21-25)14(4)22-17(26)11-24-16-9-7-6-8-15(16)23-18(24)13(2)3/h6-9,12-14H,5,10-11H2,1-4H3,(H,22,26)/t14-/m1/s1. The van der Waals surface area contributed by atoms with Crippen LogP contribution >= 0.6 is 0 Å². The average Bonchev–Trinajstić information content (AvgIpc) is 3.20. The first kappa shape index (κ1) is 18.1. The minimum Gasteiger partial charge on any atom is -0.345 e. The second-order valence-electron chi connectivity index (χ2n) is 6.83.